The lowest BCUT2D eigenvalue weighted by Crippen LogP contribution is -2.49. The molecule has 1 aromatic carbocycles. The van der Waals surface area contributed by atoms with Gasteiger partial charge in [0, 0.05) is 38.6 Å². The van der Waals surface area contributed by atoms with Crippen LogP contribution in [0.15, 0.2) is 42.7 Å². The summed E-state index contributed by atoms with van der Waals surface area (Å²) in [6.07, 6.45) is 3.50. The molecular weight excluding hydrogens is 330 g/mol. The van der Waals surface area contributed by atoms with Crippen molar-refractivity contribution < 1.29 is 9.53 Å². The van der Waals surface area contributed by atoms with Crippen LogP contribution in [-0.4, -0.2) is 58.7 Å². The molecule has 0 atom stereocenters. The van der Waals surface area contributed by atoms with E-state index in [4.69, 9.17) is 4.74 Å². The van der Waals surface area contributed by atoms with E-state index in [1.54, 1.807) is 23.9 Å². The Morgan fingerprint density at radius 3 is 2.65 bits per heavy atom. The molecular formula is C19H21N5O2. The highest BCUT2D eigenvalue weighted by Crippen LogP contribution is 2.28. The highest BCUT2D eigenvalue weighted by Gasteiger charge is 2.27. The first-order valence-electron chi connectivity index (χ1n) is 8.66. The van der Waals surface area contributed by atoms with E-state index >= 15 is 0 Å². The fourth-order valence-electron chi connectivity index (χ4n) is 3.45. The molecule has 0 bridgehead atoms. The first kappa shape index (κ1) is 16.4. The number of hydrogen-bond donors (Lipinski definition) is 0. The predicted molar refractivity (Wildman–Crippen MR) is 98.8 cm³/mol. The molecule has 7 nitrogen and oxygen atoms in total. The summed E-state index contributed by atoms with van der Waals surface area (Å²) in [6, 6.07) is 9.78. The molecule has 0 unspecified atom stereocenters. The van der Waals surface area contributed by atoms with Gasteiger partial charge in [-0.05, 0) is 25.1 Å². The maximum absolute atomic E-state index is 13.1. The zero-order chi connectivity index (χ0) is 18.1. The highest BCUT2D eigenvalue weighted by molar-refractivity contribution is 6.01. The molecule has 7 heteroatoms. The molecule has 2 aromatic heterocycles. The molecule has 3 heterocycles. The number of carbonyl (C=O) groups is 1. The van der Waals surface area contributed by atoms with Gasteiger partial charge in [0.05, 0.1) is 18.5 Å². The zero-order valence-electron chi connectivity index (χ0n) is 14.9. The summed E-state index contributed by atoms with van der Waals surface area (Å²) in [5.74, 6) is 0.853. The number of amides is 1. The molecule has 1 aliphatic heterocycles. The number of rotatable bonds is 3. The summed E-state index contributed by atoms with van der Waals surface area (Å²) in [5, 5.41) is 4.39. The number of ether oxygens (including phenoxy) is 1. The Labute approximate surface area is 151 Å². The second-order valence-corrected chi connectivity index (χ2v) is 6.30. The van der Waals surface area contributed by atoms with Crippen molar-refractivity contribution in [3.63, 3.8) is 0 Å². The van der Waals surface area contributed by atoms with Crippen LogP contribution in [0.5, 0.6) is 5.75 Å². The first-order chi connectivity index (χ1) is 12.7. The van der Waals surface area contributed by atoms with Crippen molar-refractivity contribution in [3.8, 4) is 5.75 Å². The van der Waals surface area contributed by atoms with Crippen LogP contribution in [0.3, 0.4) is 0 Å². The van der Waals surface area contributed by atoms with Crippen molar-refractivity contribution in [1.82, 2.24) is 19.5 Å². The number of aryl methyl sites for hydroxylation is 1. The van der Waals surface area contributed by atoms with Gasteiger partial charge in [-0.2, -0.15) is 5.10 Å². The molecule has 0 aliphatic carbocycles. The summed E-state index contributed by atoms with van der Waals surface area (Å²) in [4.78, 5) is 21.5. The lowest BCUT2D eigenvalue weighted by Gasteiger charge is -2.36. The quantitative estimate of drug-likeness (QED) is 0.722. The molecule has 1 fully saturated rings. The number of para-hydroxylation sites is 2. The Kier molecular flexibility index (Phi) is 4.20. The van der Waals surface area contributed by atoms with E-state index in [0.717, 1.165) is 24.5 Å². The third-order valence-corrected chi connectivity index (χ3v) is 4.78. The topological polar surface area (TPSA) is 63.0 Å². The lowest BCUT2D eigenvalue weighted by atomic mass is 10.2. The molecule has 1 saturated heterocycles. The molecule has 0 N–H and O–H groups in total. The van der Waals surface area contributed by atoms with Crippen molar-refractivity contribution in [3.05, 3.63) is 54.0 Å². The molecule has 3 aromatic rings. The van der Waals surface area contributed by atoms with Gasteiger partial charge in [0.25, 0.3) is 5.91 Å². The van der Waals surface area contributed by atoms with Crippen molar-refractivity contribution in [2.75, 3.05) is 38.2 Å². The van der Waals surface area contributed by atoms with E-state index in [2.05, 4.69) is 21.0 Å². The third-order valence-electron chi connectivity index (χ3n) is 4.78. The Hall–Kier alpha value is -3.09. The molecule has 26 heavy (non-hydrogen) atoms. The number of fused-ring (bicyclic) bond motifs is 1. The van der Waals surface area contributed by atoms with Crippen LogP contribution in [0.25, 0.3) is 5.65 Å². The van der Waals surface area contributed by atoms with E-state index in [-0.39, 0.29) is 5.91 Å². The molecule has 0 saturated carbocycles. The van der Waals surface area contributed by atoms with Crippen molar-refractivity contribution >= 4 is 17.2 Å². The standard InChI is InChI=1S/C19H21N5O2/c1-14-17(18-20-8-5-9-24(18)21-14)19(25)23-12-10-22(11-13-23)15-6-3-4-7-16(15)26-2/h3-9H,10-13H2,1-2H3. The lowest BCUT2D eigenvalue weighted by molar-refractivity contribution is 0.0747. The monoisotopic (exact) mass is 351 g/mol. The fraction of sp³-hybridized carbons (Fsp3) is 0.316. The van der Waals surface area contributed by atoms with Crippen LogP contribution < -0.4 is 9.64 Å². The van der Waals surface area contributed by atoms with E-state index in [1.807, 2.05) is 36.2 Å². The van der Waals surface area contributed by atoms with E-state index < -0.39 is 0 Å². The predicted octanol–water partition coefficient (Wildman–Crippen LogP) is 2.01. The maximum atomic E-state index is 13.1. The minimum absolute atomic E-state index is 0.00382. The summed E-state index contributed by atoms with van der Waals surface area (Å²) >= 11 is 0. The van der Waals surface area contributed by atoms with Crippen LogP contribution in [0, 0.1) is 6.92 Å². The molecule has 4 rings (SSSR count). The Bertz CT molecular complexity index is 944. The van der Waals surface area contributed by atoms with Gasteiger partial charge in [-0.3, -0.25) is 4.79 Å². The van der Waals surface area contributed by atoms with Crippen LogP contribution in [0.4, 0.5) is 5.69 Å². The highest BCUT2D eigenvalue weighted by atomic mass is 16.5. The number of piperazine rings is 1. The van der Waals surface area contributed by atoms with Gasteiger partial charge in [0.1, 0.15) is 11.3 Å². The third kappa shape index (κ3) is 2.75. The Morgan fingerprint density at radius 1 is 1.12 bits per heavy atom. The first-order valence-corrected chi connectivity index (χ1v) is 8.66. The zero-order valence-corrected chi connectivity index (χ0v) is 14.9. The number of anilines is 1. The minimum atomic E-state index is -0.00382. The van der Waals surface area contributed by atoms with Gasteiger partial charge in [-0.1, -0.05) is 12.1 Å². The van der Waals surface area contributed by atoms with Crippen molar-refractivity contribution in [1.29, 1.82) is 0 Å². The molecule has 0 radical (unpaired) electrons. The van der Waals surface area contributed by atoms with Gasteiger partial charge < -0.3 is 14.5 Å². The smallest absolute Gasteiger partial charge is 0.259 e. The van der Waals surface area contributed by atoms with Crippen LogP contribution in [0.2, 0.25) is 0 Å². The van der Waals surface area contributed by atoms with Gasteiger partial charge in [0.2, 0.25) is 0 Å². The molecule has 1 aliphatic rings. The van der Waals surface area contributed by atoms with Crippen LogP contribution >= 0.6 is 0 Å². The maximum Gasteiger partial charge on any atom is 0.259 e. The van der Waals surface area contributed by atoms with E-state index in [0.29, 0.717) is 30.0 Å². The average Bonchev–Trinajstić information content (AvgIpc) is 3.03. The largest absolute Gasteiger partial charge is 0.495 e. The number of hydrogen-bond acceptors (Lipinski definition) is 5. The average molecular weight is 351 g/mol. The normalized spacial score (nSPS) is 14.7. The fourth-order valence-corrected chi connectivity index (χ4v) is 3.45. The summed E-state index contributed by atoms with van der Waals surface area (Å²) in [6.45, 7) is 4.68. The SMILES string of the molecule is COc1ccccc1N1CCN(C(=O)c2c(C)nn3cccnc23)CC1. The number of benzene rings is 1. The number of aromatic nitrogens is 3. The van der Waals surface area contributed by atoms with Crippen molar-refractivity contribution in [2.45, 2.75) is 6.92 Å². The van der Waals surface area contributed by atoms with Gasteiger partial charge in [-0.25, -0.2) is 9.50 Å². The summed E-state index contributed by atoms with van der Waals surface area (Å²) in [5.41, 5.74) is 2.98. The number of nitrogens with zero attached hydrogens (tertiary/aromatic N) is 5. The van der Waals surface area contributed by atoms with Gasteiger partial charge in [-0.15, -0.1) is 0 Å². The van der Waals surface area contributed by atoms with E-state index in [1.165, 1.54) is 0 Å². The van der Waals surface area contributed by atoms with Crippen LogP contribution in [0.1, 0.15) is 16.1 Å². The number of carbonyl (C=O) groups excluding carboxylic acids is 1. The summed E-state index contributed by atoms with van der Waals surface area (Å²) < 4.78 is 7.11. The van der Waals surface area contributed by atoms with Crippen molar-refractivity contribution in [2.24, 2.45) is 0 Å². The second kappa shape index (κ2) is 6.67. The van der Waals surface area contributed by atoms with E-state index in [9.17, 15) is 4.79 Å². The molecule has 0 spiro atoms. The van der Waals surface area contributed by atoms with Gasteiger partial charge in [0.15, 0.2) is 5.65 Å². The summed E-state index contributed by atoms with van der Waals surface area (Å²) in [7, 11) is 1.68. The Morgan fingerprint density at radius 2 is 1.88 bits per heavy atom. The molecule has 1 amide bonds. The molecule has 134 valence electrons. The van der Waals surface area contributed by atoms with Crippen LogP contribution in [-0.2, 0) is 0 Å². The number of methoxy groups -OCH3 is 1. The second-order valence-electron chi connectivity index (χ2n) is 6.30. The van der Waals surface area contributed by atoms with Gasteiger partial charge >= 0.3 is 0 Å². The Balaban J connectivity index is 1.53. The minimum Gasteiger partial charge on any atom is -0.495 e.